The van der Waals surface area contributed by atoms with Gasteiger partial charge in [0, 0.05) is 67.1 Å². The molecule has 0 bridgehead atoms. The number of amides is 2. The van der Waals surface area contributed by atoms with Gasteiger partial charge in [0.25, 0.3) is 0 Å². The fourth-order valence-corrected chi connectivity index (χ4v) is 6.23. The molecule has 4 atom stereocenters. The van der Waals surface area contributed by atoms with Crippen LogP contribution in [0.4, 0.5) is 11.4 Å². The van der Waals surface area contributed by atoms with E-state index in [0.29, 0.717) is 57.1 Å². The van der Waals surface area contributed by atoms with E-state index >= 15 is 0 Å². The maximum Gasteiger partial charge on any atom is 1.00 e. The van der Waals surface area contributed by atoms with Crippen LogP contribution < -0.4 is 80.0 Å². The molecular weight excluding hydrogens is 648 g/mol. The van der Waals surface area contributed by atoms with Gasteiger partial charge in [-0.1, -0.05) is 72.1 Å². The summed E-state index contributed by atoms with van der Waals surface area (Å²) >= 11 is 23.4. The second-order valence-electron chi connectivity index (χ2n) is 9.93. The molecule has 2 fully saturated rings. The number of carboxylic acid groups (broad SMARTS) is 2. The molecule has 2 aliphatic carbocycles. The van der Waals surface area contributed by atoms with Gasteiger partial charge in [-0.3, -0.25) is 9.59 Å². The second kappa shape index (κ2) is 19.1. The number of halogens is 4. The zero-order chi connectivity index (χ0) is 29.4. The van der Waals surface area contributed by atoms with Gasteiger partial charge in [0.1, 0.15) is 0 Å². The van der Waals surface area contributed by atoms with E-state index < -0.39 is 35.6 Å². The van der Waals surface area contributed by atoms with E-state index in [4.69, 9.17) is 46.4 Å². The fourth-order valence-electron chi connectivity index (χ4n) is 5.18. The van der Waals surface area contributed by atoms with Crippen molar-refractivity contribution in [2.24, 2.45) is 23.7 Å². The molecule has 0 aliphatic heterocycles. The topological polar surface area (TPSA) is 138 Å². The Morgan fingerprint density at radius 3 is 1.05 bits per heavy atom. The van der Waals surface area contributed by atoms with Crippen LogP contribution in [0.1, 0.15) is 51.4 Å². The molecule has 0 heterocycles. The molecule has 2 N–H and O–H groups in total. The quantitative estimate of drug-likeness (QED) is 0.377. The first-order valence-corrected chi connectivity index (χ1v) is 14.4. The minimum Gasteiger partial charge on any atom is -0.550 e. The molecule has 0 spiro atoms. The fraction of sp³-hybridized carbons (Fsp3) is 0.429. The summed E-state index contributed by atoms with van der Waals surface area (Å²) in [5, 5.41) is 29.2. The molecule has 2 saturated carbocycles. The first kappa shape index (κ1) is 39.5. The zero-order valence-corrected chi connectivity index (χ0v) is 30.4. The maximum absolute atomic E-state index is 12.2. The number of carboxylic acids is 2. The van der Waals surface area contributed by atoms with Crippen molar-refractivity contribution in [1.82, 2.24) is 0 Å². The van der Waals surface area contributed by atoms with Gasteiger partial charge >= 0.3 is 59.1 Å². The molecule has 8 nitrogen and oxygen atoms in total. The van der Waals surface area contributed by atoms with Gasteiger partial charge in [-0.25, -0.2) is 0 Å². The van der Waals surface area contributed by atoms with Crippen LogP contribution in [0.25, 0.3) is 0 Å². The van der Waals surface area contributed by atoms with Crippen LogP contribution in [0.3, 0.4) is 0 Å². The van der Waals surface area contributed by atoms with Crippen molar-refractivity contribution in [3.63, 3.8) is 0 Å². The number of carbonyl (C=O) groups is 4. The molecule has 0 aromatic heterocycles. The Kier molecular flexibility index (Phi) is 18.0. The van der Waals surface area contributed by atoms with Gasteiger partial charge in [0.05, 0.1) is 0 Å². The molecule has 2 aromatic rings. The minimum atomic E-state index is -1.16. The summed E-state index contributed by atoms with van der Waals surface area (Å²) in [6, 6.07) is 9.40. The van der Waals surface area contributed by atoms with Crippen LogP contribution in [-0.2, 0) is 19.2 Å². The van der Waals surface area contributed by atoms with Crippen molar-refractivity contribution in [2.75, 3.05) is 10.6 Å². The van der Waals surface area contributed by atoms with E-state index in [1.54, 1.807) is 36.4 Å². The van der Waals surface area contributed by atoms with E-state index in [9.17, 15) is 29.4 Å². The molecule has 42 heavy (non-hydrogen) atoms. The van der Waals surface area contributed by atoms with Crippen LogP contribution in [0.5, 0.6) is 0 Å². The monoisotopic (exact) mass is 674 g/mol. The number of rotatable bonds is 6. The van der Waals surface area contributed by atoms with Crippen molar-refractivity contribution in [3.05, 3.63) is 56.5 Å². The third-order valence-corrected chi connectivity index (χ3v) is 7.94. The largest absolute Gasteiger partial charge is 1.00 e. The first-order valence-electron chi connectivity index (χ1n) is 12.9. The summed E-state index contributed by atoms with van der Waals surface area (Å²) in [4.78, 5) is 46.6. The maximum atomic E-state index is 12.2. The molecule has 0 unspecified atom stereocenters. The molecule has 0 saturated heterocycles. The summed E-state index contributed by atoms with van der Waals surface area (Å²) in [7, 11) is 0. The van der Waals surface area contributed by atoms with Crippen molar-refractivity contribution in [1.29, 1.82) is 0 Å². The standard InChI is InChI=1S/2C14H15Cl2NO3.2Na/c2*15-8-5-9(16)7-10(6-8)17-13(18)11-3-1-2-4-12(11)14(19)20;;/h2*5-7,11-12H,1-4H2,(H,17,18)(H,19,20);;/q;;2*+1/p-2/t2*11-,12+;;/m10../s1. The predicted octanol–water partition coefficient (Wildman–Crippen LogP) is -1.02. The van der Waals surface area contributed by atoms with Crippen LogP contribution in [0.2, 0.25) is 20.1 Å². The zero-order valence-electron chi connectivity index (χ0n) is 23.4. The van der Waals surface area contributed by atoms with Crippen LogP contribution in [0.15, 0.2) is 36.4 Å². The van der Waals surface area contributed by atoms with E-state index in [1.807, 2.05) is 0 Å². The Bertz CT molecular complexity index is 1130. The van der Waals surface area contributed by atoms with E-state index in [2.05, 4.69) is 10.6 Å². The Morgan fingerprint density at radius 1 is 0.524 bits per heavy atom. The Hall–Kier alpha value is -0.520. The van der Waals surface area contributed by atoms with Gasteiger partial charge in [-0.2, -0.15) is 0 Å². The smallest absolute Gasteiger partial charge is 0.550 e. The predicted molar refractivity (Wildman–Crippen MR) is 151 cm³/mol. The third kappa shape index (κ3) is 12.1. The summed E-state index contributed by atoms with van der Waals surface area (Å²) < 4.78 is 0. The van der Waals surface area contributed by atoms with Gasteiger partial charge in [-0.05, 0) is 62.1 Å². The molecule has 216 valence electrons. The molecule has 14 heteroatoms. The SMILES string of the molecule is O=C(Nc1cc(Cl)cc(Cl)c1)[C@H]1CCCC[C@H]1C(=O)[O-].O=C([O-])[C@H]1CCCC[C@H]1C(=O)Nc1cc(Cl)cc(Cl)c1.[Na+].[Na+]. The number of anilines is 2. The molecule has 4 rings (SSSR count). The normalized spacial score (nSPS) is 21.2. The van der Waals surface area contributed by atoms with Gasteiger partial charge in [0.15, 0.2) is 0 Å². The van der Waals surface area contributed by atoms with Crippen molar-refractivity contribution in [3.8, 4) is 0 Å². The van der Waals surface area contributed by atoms with Crippen LogP contribution >= 0.6 is 46.4 Å². The van der Waals surface area contributed by atoms with Crippen LogP contribution in [-0.4, -0.2) is 23.8 Å². The minimum absolute atomic E-state index is 0. The number of carbonyl (C=O) groups excluding carboxylic acids is 4. The summed E-state index contributed by atoms with van der Waals surface area (Å²) in [5.74, 6) is -5.53. The second-order valence-corrected chi connectivity index (χ2v) is 11.7. The molecular formula is C28H28Cl4N2Na2O6. The van der Waals surface area contributed by atoms with E-state index in [1.165, 1.54) is 0 Å². The summed E-state index contributed by atoms with van der Waals surface area (Å²) in [6.07, 6.45) is 5.39. The van der Waals surface area contributed by atoms with E-state index in [0.717, 1.165) is 25.7 Å². The molecule has 0 radical (unpaired) electrons. The van der Waals surface area contributed by atoms with Gasteiger partial charge in [-0.15, -0.1) is 0 Å². The van der Waals surface area contributed by atoms with Crippen LogP contribution in [0, 0.1) is 23.7 Å². The summed E-state index contributed by atoms with van der Waals surface area (Å²) in [5.41, 5.74) is 0.936. The molecule has 2 amide bonds. The van der Waals surface area contributed by atoms with Crippen molar-refractivity contribution in [2.45, 2.75) is 51.4 Å². The van der Waals surface area contributed by atoms with Gasteiger partial charge < -0.3 is 30.4 Å². The first-order chi connectivity index (χ1) is 18.9. The number of nitrogens with one attached hydrogen (secondary N) is 2. The Balaban J connectivity index is 0.000000401. The number of benzene rings is 2. The number of hydrogen-bond acceptors (Lipinski definition) is 6. The number of aliphatic carboxylic acids is 2. The average Bonchev–Trinajstić information content (AvgIpc) is 2.87. The number of hydrogen-bond donors (Lipinski definition) is 2. The summed E-state index contributed by atoms with van der Waals surface area (Å²) in [6.45, 7) is 0. The Morgan fingerprint density at radius 2 is 0.786 bits per heavy atom. The third-order valence-electron chi connectivity index (χ3n) is 7.07. The average molecular weight is 676 g/mol. The van der Waals surface area contributed by atoms with Crippen molar-refractivity contribution >= 4 is 81.5 Å². The Labute approximate surface area is 309 Å². The van der Waals surface area contributed by atoms with Crippen molar-refractivity contribution < 1.29 is 88.5 Å². The molecule has 2 aromatic carbocycles. The molecule has 2 aliphatic rings. The van der Waals surface area contributed by atoms with Gasteiger partial charge in [0.2, 0.25) is 11.8 Å². The van der Waals surface area contributed by atoms with E-state index in [-0.39, 0.29) is 70.9 Å².